The molecule has 29 heavy (non-hydrogen) atoms. The number of nitrogens with zero attached hydrogens (tertiary/aromatic N) is 2. The number of carbonyl (C=O) groups is 1. The van der Waals surface area contributed by atoms with Gasteiger partial charge in [0.2, 0.25) is 5.91 Å². The van der Waals surface area contributed by atoms with Crippen LogP contribution in [0.15, 0.2) is 64.1 Å². The van der Waals surface area contributed by atoms with E-state index in [4.69, 9.17) is 9.40 Å². The maximum absolute atomic E-state index is 13.3. The number of aromatic nitrogens is 1. The van der Waals surface area contributed by atoms with E-state index in [2.05, 4.69) is 26.0 Å². The molecule has 4 rings (SSSR count). The molecule has 0 bridgehead atoms. The van der Waals surface area contributed by atoms with Crippen molar-refractivity contribution >= 4 is 44.4 Å². The van der Waals surface area contributed by atoms with Crippen molar-refractivity contribution in [3.63, 3.8) is 0 Å². The predicted molar refractivity (Wildman–Crippen MR) is 121 cm³/mol. The minimum Gasteiger partial charge on any atom is -0.467 e. The lowest BCUT2D eigenvalue weighted by atomic mass is 10.1. The molecule has 0 spiro atoms. The van der Waals surface area contributed by atoms with Crippen LogP contribution in [0, 0.1) is 13.8 Å². The van der Waals surface area contributed by atoms with Gasteiger partial charge in [-0.25, -0.2) is 4.98 Å². The molecule has 2 heterocycles. The van der Waals surface area contributed by atoms with Crippen molar-refractivity contribution in [1.29, 1.82) is 0 Å². The Morgan fingerprint density at radius 2 is 1.93 bits per heavy atom. The fourth-order valence-electron chi connectivity index (χ4n) is 3.16. The van der Waals surface area contributed by atoms with E-state index in [1.165, 1.54) is 10.5 Å². The molecule has 1 amide bonds. The molecule has 0 fully saturated rings. The quantitative estimate of drug-likeness (QED) is 0.357. The largest absolute Gasteiger partial charge is 0.467 e. The van der Waals surface area contributed by atoms with Crippen molar-refractivity contribution in [3.05, 3.63) is 77.2 Å². The molecule has 0 radical (unpaired) electrons. The van der Waals surface area contributed by atoms with Crippen LogP contribution < -0.4 is 4.90 Å². The second kappa shape index (κ2) is 8.43. The summed E-state index contributed by atoms with van der Waals surface area (Å²) in [6.45, 7) is 4.53. The number of hydrogen-bond acceptors (Lipinski definition) is 5. The van der Waals surface area contributed by atoms with Gasteiger partial charge in [0, 0.05) is 4.90 Å². The standard InChI is InChI=1S/C23H22N2O2S2/c1-15-6-11-20-22(16(15)2)24-23(29-20)25(14-18-5-4-12-27-18)21(26)13-17-7-9-19(28-3)10-8-17/h4-12H,13-14H2,1-3H3. The van der Waals surface area contributed by atoms with E-state index in [-0.39, 0.29) is 5.91 Å². The zero-order chi connectivity index (χ0) is 20.4. The molecule has 6 heteroatoms. The number of hydrogen-bond donors (Lipinski definition) is 0. The molecule has 4 aromatic rings. The van der Waals surface area contributed by atoms with Gasteiger partial charge in [-0.15, -0.1) is 11.8 Å². The van der Waals surface area contributed by atoms with E-state index >= 15 is 0 Å². The Bertz CT molecular complexity index is 1130. The van der Waals surface area contributed by atoms with E-state index in [1.54, 1.807) is 34.3 Å². The lowest BCUT2D eigenvalue weighted by molar-refractivity contribution is -0.118. The molecule has 0 N–H and O–H groups in total. The zero-order valence-corrected chi connectivity index (χ0v) is 18.3. The van der Waals surface area contributed by atoms with Crippen LogP contribution in [0.25, 0.3) is 10.2 Å². The Balaban J connectivity index is 1.67. The number of rotatable bonds is 6. The Labute approximate surface area is 178 Å². The fraction of sp³-hybridized carbons (Fsp3) is 0.217. The number of amides is 1. The van der Waals surface area contributed by atoms with Crippen LogP contribution >= 0.6 is 23.1 Å². The first-order valence-corrected chi connectivity index (χ1v) is 11.4. The number of carbonyl (C=O) groups excluding carboxylic acids is 1. The third-order valence-electron chi connectivity index (χ3n) is 5.01. The summed E-state index contributed by atoms with van der Waals surface area (Å²) in [5, 5.41) is 0.704. The Morgan fingerprint density at radius 3 is 2.62 bits per heavy atom. The molecule has 2 aromatic heterocycles. The van der Waals surface area contributed by atoms with Gasteiger partial charge in [-0.3, -0.25) is 9.69 Å². The van der Waals surface area contributed by atoms with Gasteiger partial charge in [-0.05, 0) is 67.1 Å². The molecule has 0 aliphatic carbocycles. The minimum absolute atomic E-state index is 0.00623. The highest BCUT2D eigenvalue weighted by Crippen LogP contribution is 2.33. The van der Waals surface area contributed by atoms with Crippen molar-refractivity contribution < 1.29 is 9.21 Å². The van der Waals surface area contributed by atoms with Crippen LogP contribution in [0.4, 0.5) is 5.13 Å². The first kappa shape index (κ1) is 19.7. The summed E-state index contributed by atoms with van der Waals surface area (Å²) in [4.78, 5) is 21.0. The first-order chi connectivity index (χ1) is 14.0. The van der Waals surface area contributed by atoms with E-state index < -0.39 is 0 Å². The summed E-state index contributed by atoms with van der Waals surface area (Å²) in [7, 11) is 0. The lowest BCUT2D eigenvalue weighted by Gasteiger charge is -2.19. The van der Waals surface area contributed by atoms with Gasteiger partial charge in [0.25, 0.3) is 0 Å². The van der Waals surface area contributed by atoms with E-state index in [9.17, 15) is 4.79 Å². The monoisotopic (exact) mass is 422 g/mol. The van der Waals surface area contributed by atoms with Crippen molar-refractivity contribution in [2.75, 3.05) is 11.2 Å². The molecule has 0 aliphatic heterocycles. The van der Waals surface area contributed by atoms with Crippen LogP contribution in [-0.4, -0.2) is 17.1 Å². The number of thiazole rings is 1. The van der Waals surface area contributed by atoms with Gasteiger partial charge in [-0.2, -0.15) is 0 Å². The van der Waals surface area contributed by atoms with E-state index in [0.717, 1.165) is 27.1 Å². The average Bonchev–Trinajstić information content (AvgIpc) is 3.39. The predicted octanol–water partition coefficient (Wildman–Crippen LogP) is 6.00. The topological polar surface area (TPSA) is 46.3 Å². The highest BCUT2D eigenvalue weighted by Gasteiger charge is 2.22. The lowest BCUT2D eigenvalue weighted by Crippen LogP contribution is -2.31. The third-order valence-corrected chi connectivity index (χ3v) is 6.80. The molecule has 0 unspecified atom stereocenters. The highest BCUT2D eigenvalue weighted by atomic mass is 32.2. The van der Waals surface area contributed by atoms with Gasteiger partial charge in [-0.1, -0.05) is 29.5 Å². The Kier molecular flexibility index (Phi) is 5.74. The molecule has 0 saturated carbocycles. The molecule has 148 valence electrons. The highest BCUT2D eigenvalue weighted by molar-refractivity contribution is 7.98. The number of fused-ring (bicyclic) bond motifs is 1. The van der Waals surface area contributed by atoms with Crippen molar-refractivity contribution in [1.82, 2.24) is 4.98 Å². The van der Waals surface area contributed by atoms with Gasteiger partial charge >= 0.3 is 0 Å². The maximum Gasteiger partial charge on any atom is 0.233 e. The van der Waals surface area contributed by atoms with Crippen LogP contribution in [0.2, 0.25) is 0 Å². The zero-order valence-electron chi connectivity index (χ0n) is 16.6. The minimum atomic E-state index is 0.00623. The number of benzene rings is 2. The molecule has 0 aliphatic rings. The van der Waals surface area contributed by atoms with Crippen LogP contribution in [0.1, 0.15) is 22.5 Å². The number of furan rings is 1. The summed E-state index contributed by atoms with van der Waals surface area (Å²) in [6, 6.07) is 16.0. The summed E-state index contributed by atoms with van der Waals surface area (Å²) < 4.78 is 6.60. The summed E-state index contributed by atoms with van der Waals surface area (Å²) in [5.41, 5.74) is 4.31. The number of aryl methyl sites for hydroxylation is 2. The molecule has 0 saturated heterocycles. The normalized spacial score (nSPS) is 11.1. The van der Waals surface area contributed by atoms with Crippen LogP contribution in [0.5, 0.6) is 0 Å². The number of thioether (sulfide) groups is 1. The maximum atomic E-state index is 13.3. The van der Waals surface area contributed by atoms with Crippen LogP contribution in [-0.2, 0) is 17.8 Å². The van der Waals surface area contributed by atoms with Crippen molar-refractivity contribution in [3.8, 4) is 0 Å². The molecular formula is C23H22N2O2S2. The van der Waals surface area contributed by atoms with Gasteiger partial charge in [0.05, 0.1) is 29.4 Å². The SMILES string of the molecule is CSc1ccc(CC(=O)N(Cc2ccco2)c2nc3c(C)c(C)ccc3s2)cc1. The summed E-state index contributed by atoms with van der Waals surface area (Å²) >= 11 is 3.24. The summed E-state index contributed by atoms with van der Waals surface area (Å²) in [5.74, 6) is 0.745. The smallest absolute Gasteiger partial charge is 0.233 e. The second-order valence-electron chi connectivity index (χ2n) is 6.93. The molecule has 4 nitrogen and oxygen atoms in total. The first-order valence-electron chi connectivity index (χ1n) is 9.37. The van der Waals surface area contributed by atoms with Gasteiger partial charge in [0.15, 0.2) is 5.13 Å². The summed E-state index contributed by atoms with van der Waals surface area (Å²) in [6.07, 6.45) is 4.00. The fourth-order valence-corrected chi connectivity index (χ4v) is 4.61. The van der Waals surface area contributed by atoms with E-state index in [1.807, 2.05) is 42.7 Å². The van der Waals surface area contributed by atoms with Crippen molar-refractivity contribution in [2.24, 2.45) is 0 Å². The average molecular weight is 423 g/mol. The number of anilines is 1. The second-order valence-corrected chi connectivity index (χ2v) is 8.82. The van der Waals surface area contributed by atoms with Gasteiger partial charge < -0.3 is 4.42 Å². The molecular weight excluding hydrogens is 400 g/mol. The van der Waals surface area contributed by atoms with Gasteiger partial charge in [0.1, 0.15) is 5.76 Å². The molecule has 2 aromatic carbocycles. The van der Waals surface area contributed by atoms with E-state index in [0.29, 0.717) is 18.1 Å². The Morgan fingerprint density at radius 1 is 1.14 bits per heavy atom. The Hall–Kier alpha value is -2.57. The molecule has 0 atom stereocenters. The van der Waals surface area contributed by atoms with Crippen LogP contribution in [0.3, 0.4) is 0 Å². The third kappa shape index (κ3) is 4.23. The van der Waals surface area contributed by atoms with Crippen molar-refractivity contribution in [2.45, 2.75) is 31.7 Å².